The molecular weight excluding hydrogens is 357 g/mol. The first kappa shape index (κ1) is 14.7. The average Bonchev–Trinajstić information content (AvgIpc) is 2.26. The molecular formula is C10H14INO4S. The Kier molecular flexibility index (Phi) is 5.17. The molecule has 0 aromatic heterocycles. The van der Waals surface area contributed by atoms with Crippen LogP contribution in [-0.4, -0.2) is 33.3 Å². The van der Waals surface area contributed by atoms with E-state index in [1.165, 1.54) is 20.1 Å². The van der Waals surface area contributed by atoms with Crippen LogP contribution in [0.15, 0.2) is 23.1 Å². The number of halogens is 1. The summed E-state index contributed by atoms with van der Waals surface area (Å²) in [5.41, 5.74) is 0. The van der Waals surface area contributed by atoms with Gasteiger partial charge in [-0.05, 0) is 47.7 Å². The molecule has 2 N–H and O–H groups in total. The van der Waals surface area contributed by atoms with Gasteiger partial charge in [-0.2, -0.15) is 0 Å². The van der Waals surface area contributed by atoms with E-state index in [0.29, 0.717) is 0 Å². The molecule has 1 aromatic carbocycles. The third-order valence-electron chi connectivity index (χ3n) is 1.98. The molecule has 17 heavy (non-hydrogen) atoms. The van der Waals surface area contributed by atoms with E-state index < -0.39 is 16.1 Å². The van der Waals surface area contributed by atoms with Crippen LogP contribution < -0.4 is 9.46 Å². The van der Waals surface area contributed by atoms with Gasteiger partial charge in [-0.15, -0.1) is 0 Å². The monoisotopic (exact) mass is 371 g/mol. The predicted molar refractivity (Wildman–Crippen MR) is 72.6 cm³/mol. The third kappa shape index (κ3) is 4.09. The van der Waals surface area contributed by atoms with E-state index in [-0.39, 0.29) is 17.2 Å². The van der Waals surface area contributed by atoms with Crippen LogP contribution >= 0.6 is 22.6 Å². The van der Waals surface area contributed by atoms with Crippen molar-refractivity contribution < 1.29 is 18.3 Å². The quantitative estimate of drug-likeness (QED) is 0.757. The molecule has 1 rings (SSSR count). The highest BCUT2D eigenvalue weighted by Gasteiger charge is 2.19. The van der Waals surface area contributed by atoms with Crippen molar-refractivity contribution in [3.05, 3.63) is 21.8 Å². The molecule has 0 saturated heterocycles. The molecule has 96 valence electrons. The van der Waals surface area contributed by atoms with Crippen LogP contribution in [0.2, 0.25) is 0 Å². The van der Waals surface area contributed by atoms with Gasteiger partial charge < -0.3 is 9.84 Å². The molecule has 0 aliphatic heterocycles. The predicted octanol–water partition coefficient (Wildman–Crippen LogP) is 0.959. The lowest BCUT2D eigenvalue weighted by Gasteiger charge is -2.12. The molecule has 0 spiro atoms. The fourth-order valence-electron chi connectivity index (χ4n) is 1.17. The summed E-state index contributed by atoms with van der Waals surface area (Å²) in [6, 6.07) is 4.87. The van der Waals surface area contributed by atoms with Gasteiger partial charge in [0.05, 0.1) is 13.2 Å². The Hall–Kier alpha value is -0.380. The summed E-state index contributed by atoms with van der Waals surface area (Å²) in [5.74, 6) is 0.281. The third-order valence-corrected chi connectivity index (χ3v) is 4.10. The van der Waals surface area contributed by atoms with Crippen molar-refractivity contribution in [2.45, 2.75) is 17.9 Å². The summed E-state index contributed by atoms with van der Waals surface area (Å²) >= 11 is 2.02. The number of aliphatic hydroxyl groups is 1. The second-order valence-electron chi connectivity index (χ2n) is 3.50. The molecule has 0 fully saturated rings. The van der Waals surface area contributed by atoms with Gasteiger partial charge in [0.15, 0.2) is 0 Å². The van der Waals surface area contributed by atoms with Crippen molar-refractivity contribution in [3.63, 3.8) is 0 Å². The summed E-state index contributed by atoms with van der Waals surface area (Å²) in [6.07, 6.45) is -0.737. The number of methoxy groups -OCH3 is 1. The lowest BCUT2D eigenvalue weighted by atomic mass is 10.3. The maximum absolute atomic E-state index is 12.0. The zero-order valence-corrected chi connectivity index (χ0v) is 12.4. The molecule has 0 unspecified atom stereocenters. The number of aliphatic hydroxyl groups excluding tert-OH is 1. The molecule has 0 aliphatic rings. The Morgan fingerprint density at radius 2 is 2.18 bits per heavy atom. The molecule has 0 heterocycles. The van der Waals surface area contributed by atoms with Crippen LogP contribution in [0.4, 0.5) is 0 Å². The zero-order valence-electron chi connectivity index (χ0n) is 9.47. The summed E-state index contributed by atoms with van der Waals surface area (Å²) in [4.78, 5) is 0.0764. The molecule has 0 amide bonds. The molecule has 5 nitrogen and oxygen atoms in total. The Labute approximate surface area is 114 Å². The number of ether oxygens (including phenoxy) is 1. The van der Waals surface area contributed by atoms with Crippen molar-refractivity contribution in [3.8, 4) is 5.75 Å². The highest BCUT2D eigenvalue weighted by Crippen LogP contribution is 2.25. The van der Waals surface area contributed by atoms with Gasteiger partial charge in [-0.25, -0.2) is 13.1 Å². The first-order valence-corrected chi connectivity index (χ1v) is 7.44. The van der Waals surface area contributed by atoms with Crippen molar-refractivity contribution in [1.29, 1.82) is 0 Å². The Bertz CT molecular complexity index is 487. The topological polar surface area (TPSA) is 75.6 Å². The van der Waals surface area contributed by atoms with Crippen LogP contribution in [-0.2, 0) is 10.0 Å². The lowest BCUT2D eigenvalue weighted by Crippen LogP contribution is -2.30. The number of sulfonamides is 1. The second-order valence-corrected chi connectivity index (χ2v) is 6.48. The fourth-order valence-corrected chi connectivity index (χ4v) is 3.19. The van der Waals surface area contributed by atoms with Crippen molar-refractivity contribution in [2.75, 3.05) is 13.7 Å². The van der Waals surface area contributed by atoms with E-state index in [2.05, 4.69) is 4.72 Å². The molecule has 0 radical (unpaired) electrons. The van der Waals surface area contributed by atoms with Crippen molar-refractivity contribution in [1.82, 2.24) is 4.72 Å². The first-order chi connectivity index (χ1) is 7.86. The van der Waals surface area contributed by atoms with Gasteiger partial charge in [0.25, 0.3) is 0 Å². The highest BCUT2D eigenvalue weighted by atomic mass is 127. The van der Waals surface area contributed by atoms with Gasteiger partial charge in [0.2, 0.25) is 10.0 Å². The highest BCUT2D eigenvalue weighted by molar-refractivity contribution is 14.1. The van der Waals surface area contributed by atoms with E-state index in [0.717, 1.165) is 3.57 Å². The van der Waals surface area contributed by atoms with Crippen LogP contribution in [0, 0.1) is 3.57 Å². The summed E-state index contributed by atoms with van der Waals surface area (Å²) in [6.45, 7) is 1.48. The van der Waals surface area contributed by atoms with E-state index in [1.807, 2.05) is 22.6 Å². The number of nitrogens with one attached hydrogen (secondary N) is 1. The summed E-state index contributed by atoms with van der Waals surface area (Å²) in [5, 5.41) is 9.08. The van der Waals surface area contributed by atoms with Gasteiger partial charge in [-0.3, -0.25) is 0 Å². The normalized spacial score (nSPS) is 13.4. The van der Waals surface area contributed by atoms with Gasteiger partial charge in [0, 0.05) is 10.1 Å². The van der Waals surface area contributed by atoms with Crippen molar-refractivity contribution >= 4 is 32.6 Å². The minimum Gasteiger partial charge on any atom is -0.495 e. The van der Waals surface area contributed by atoms with Crippen molar-refractivity contribution in [2.24, 2.45) is 0 Å². The minimum absolute atomic E-state index is 0.0308. The molecule has 1 atom stereocenters. The summed E-state index contributed by atoms with van der Waals surface area (Å²) in [7, 11) is -2.25. The molecule has 0 saturated carbocycles. The molecule has 0 aliphatic carbocycles. The summed E-state index contributed by atoms with van der Waals surface area (Å²) < 4.78 is 32.0. The molecule has 7 heteroatoms. The Morgan fingerprint density at radius 1 is 1.53 bits per heavy atom. The van der Waals surface area contributed by atoms with E-state index in [1.54, 1.807) is 12.1 Å². The van der Waals surface area contributed by atoms with E-state index in [4.69, 9.17) is 9.84 Å². The molecule has 0 bridgehead atoms. The standard InChI is InChI=1S/C10H14INO4S/c1-7(13)6-12-17(14,15)10-5-8(11)3-4-9(10)16-2/h3-5,7,12-13H,6H2,1-2H3/t7-/m1/s1. The Balaban J connectivity index is 3.09. The Morgan fingerprint density at radius 3 is 2.71 bits per heavy atom. The number of hydrogen-bond donors (Lipinski definition) is 2. The number of hydrogen-bond acceptors (Lipinski definition) is 4. The first-order valence-electron chi connectivity index (χ1n) is 4.88. The largest absolute Gasteiger partial charge is 0.495 e. The van der Waals surface area contributed by atoms with Crippen LogP contribution in [0.3, 0.4) is 0 Å². The fraction of sp³-hybridized carbons (Fsp3) is 0.400. The number of rotatable bonds is 5. The SMILES string of the molecule is COc1ccc(I)cc1S(=O)(=O)NC[C@@H](C)O. The second kappa shape index (κ2) is 5.98. The smallest absolute Gasteiger partial charge is 0.244 e. The lowest BCUT2D eigenvalue weighted by molar-refractivity contribution is 0.198. The molecule has 1 aromatic rings. The van der Waals surface area contributed by atoms with Gasteiger partial charge in [-0.1, -0.05) is 0 Å². The maximum Gasteiger partial charge on any atom is 0.244 e. The van der Waals surface area contributed by atoms with E-state index >= 15 is 0 Å². The van der Waals surface area contributed by atoms with Gasteiger partial charge >= 0.3 is 0 Å². The van der Waals surface area contributed by atoms with Crippen LogP contribution in [0.25, 0.3) is 0 Å². The minimum atomic E-state index is -3.66. The van der Waals surface area contributed by atoms with Crippen LogP contribution in [0.1, 0.15) is 6.92 Å². The number of benzene rings is 1. The van der Waals surface area contributed by atoms with Crippen LogP contribution in [0.5, 0.6) is 5.75 Å². The maximum atomic E-state index is 12.0. The van der Waals surface area contributed by atoms with E-state index in [9.17, 15) is 8.42 Å². The van der Waals surface area contributed by atoms with Gasteiger partial charge in [0.1, 0.15) is 10.6 Å². The average molecular weight is 371 g/mol. The zero-order chi connectivity index (χ0) is 13.1.